The Labute approximate surface area is 130 Å². The fourth-order valence-corrected chi connectivity index (χ4v) is 2.72. The third-order valence-corrected chi connectivity index (χ3v) is 4.15. The van der Waals surface area contributed by atoms with Gasteiger partial charge in [0.05, 0.1) is 22.7 Å². The van der Waals surface area contributed by atoms with Crippen LogP contribution in [0.2, 0.25) is 5.02 Å². The normalized spacial score (nSPS) is 10.7. The van der Waals surface area contributed by atoms with E-state index in [9.17, 15) is 0 Å². The molecule has 0 aliphatic carbocycles. The highest BCUT2D eigenvalue weighted by molar-refractivity contribution is 7.98. The van der Waals surface area contributed by atoms with Crippen LogP contribution in [0.5, 0.6) is 0 Å². The molecule has 2 N–H and O–H groups in total. The van der Waals surface area contributed by atoms with Gasteiger partial charge in [-0.15, -0.1) is 11.8 Å². The summed E-state index contributed by atoms with van der Waals surface area (Å²) in [4.78, 5) is 9.23. The zero-order valence-electron chi connectivity index (χ0n) is 10.9. The van der Waals surface area contributed by atoms with Gasteiger partial charge in [0, 0.05) is 16.7 Å². The van der Waals surface area contributed by atoms with Crippen molar-refractivity contribution in [3.05, 3.63) is 53.6 Å². The minimum Gasteiger partial charge on any atom is -0.397 e. The van der Waals surface area contributed by atoms with Crippen LogP contribution in [0.3, 0.4) is 0 Å². The number of nitrogens with zero attached hydrogens (tertiary/aromatic N) is 3. The van der Waals surface area contributed by atoms with Gasteiger partial charge in [-0.25, -0.2) is 0 Å². The minimum absolute atomic E-state index is 0.485. The van der Waals surface area contributed by atoms with E-state index in [2.05, 4.69) is 15.1 Å². The first-order valence-corrected chi connectivity index (χ1v) is 7.50. The molecular formula is C14H11ClN4OS. The summed E-state index contributed by atoms with van der Waals surface area (Å²) in [7, 11) is 0. The molecule has 0 aliphatic rings. The molecule has 0 unspecified atom stereocenters. The van der Waals surface area contributed by atoms with E-state index >= 15 is 0 Å². The molecule has 0 spiro atoms. The Balaban J connectivity index is 1.74. The van der Waals surface area contributed by atoms with E-state index in [1.54, 1.807) is 18.5 Å². The highest BCUT2D eigenvalue weighted by Gasteiger charge is 2.12. The highest BCUT2D eigenvalue weighted by Crippen LogP contribution is 2.29. The van der Waals surface area contributed by atoms with Crippen LogP contribution >= 0.6 is 23.4 Å². The Morgan fingerprint density at radius 1 is 1.24 bits per heavy atom. The van der Waals surface area contributed by atoms with Crippen LogP contribution in [0.1, 0.15) is 5.89 Å². The highest BCUT2D eigenvalue weighted by atomic mass is 35.5. The zero-order valence-corrected chi connectivity index (χ0v) is 12.4. The molecule has 0 radical (unpaired) electrons. The smallest absolute Gasteiger partial charge is 0.237 e. The van der Waals surface area contributed by atoms with E-state index < -0.39 is 0 Å². The van der Waals surface area contributed by atoms with Crippen molar-refractivity contribution in [2.24, 2.45) is 0 Å². The molecular weight excluding hydrogens is 308 g/mol. The molecule has 21 heavy (non-hydrogen) atoms. The zero-order chi connectivity index (χ0) is 14.7. The lowest BCUT2D eigenvalue weighted by molar-refractivity contribution is 0.391. The van der Waals surface area contributed by atoms with Crippen LogP contribution in [-0.2, 0) is 5.75 Å². The fourth-order valence-electron chi connectivity index (χ4n) is 1.73. The van der Waals surface area contributed by atoms with Crippen molar-refractivity contribution in [1.29, 1.82) is 0 Å². The van der Waals surface area contributed by atoms with Gasteiger partial charge in [0.2, 0.25) is 11.7 Å². The summed E-state index contributed by atoms with van der Waals surface area (Å²) in [6, 6.07) is 9.23. The first-order chi connectivity index (χ1) is 10.2. The molecule has 2 aromatic heterocycles. The molecule has 0 fully saturated rings. The van der Waals surface area contributed by atoms with Gasteiger partial charge in [-0.2, -0.15) is 4.98 Å². The summed E-state index contributed by atoms with van der Waals surface area (Å²) in [6.07, 6.45) is 3.31. The van der Waals surface area contributed by atoms with Crippen molar-refractivity contribution in [1.82, 2.24) is 15.1 Å². The van der Waals surface area contributed by atoms with Gasteiger partial charge in [0.1, 0.15) is 0 Å². The van der Waals surface area contributed by atoms with E-state index in [0.29, 0.717) is 28.2 Å². The summed E-state index contributed by atoms with van der Waals surface area (Å²) < 4.78 is 5.24. The number of halogens is 1. The number of nitrogens with two attached hydrogens (primary N) is 1. The van der Waals surface area contributed by atoms with Crippen molar-refractivity contribution in [3.8, 4) is 11.4 Å². The largest absolute Gasteiger partial charge is 0.397 e. The standard InChI is InChI=1S/C14H11ClN4OS/c15-10-4-2-1-3-9(10)14-18-13(20-19-14)8-21-12-5-6-17-7-11(12)16/h1-7H,8,16H2. The molecule has 3 rings (SSSR count). The second-order valence-corrected chi connectivity index (χ2v) is 5.62. The minimum atomic E-state index is 0.485. The van der Waals surface area contributed by atoms with Crippen LogP contribution in [0.15, 0.2) is 52.1 Å². The maximum absolute atomic E-state index is 6.11. The van der Waals surface area contributed by atoms with Gasteiger partial charge in [-0.05, 0) is 18.2 Å². The number of nitrogen functional groups attached to an aromatic ring is 1. The Morgan fingerprint density at radius 3 is 2.90 bits per heavy atom. The van der Waals surface area contributed by atoms with E-state index in [4.69, 9.17) is 21.9 Å². The summed E-state index contributed by atoms with van der Waals surface area (Å²) >= 11 is 7.63. The summed E-state index contributed by atoms with van der Waals surface area (Å²) in [5.74, 6) is 1.54. The third kappa shape index (κ3) is 3.17. The third-order valence-electron chi connectivity index (χ3n) is 2.74. The molecule has 0 aliphatic heterocycles. The Kier molecular flexibility index (Phi) is 4.08. The van der Waals surface area contributed by atoms with Gasteiger partial charge in [-0.3, -0.25) is 4.98 Å². The van der Waals surface area contributed by atoms with E-state index in [0.717, 1.165) is 10.5 Å². The molecule has 3 aromatic rings. The summed E-state index contributed by atoms with van der Waals surface area (Å²) in [5.41, 5.74) is 7.22. The topological polar surface area (TPSA) is 77.8 Å². The second kappa shape index (κ2) is 6.15. The number of hydrogen-bond donors (Lipinski definition) is 1. The Hall–Kier alpha value is -2.05. The van der Waals surface area contributed by atoms with Crippen molar-refractivity contribution < 1.29 is 4.52 Å². The average molecular weight is 319 g/mol. The molecule has 7 heteroatoms. The van der Waals surface area contributed by atoms with Gasteiger partial charge < -0.3 is 10.3 Å². The van der Waals surface area contributed by atoms with Gasteiger partial charge in [0.25, 0.3) is 0 Å². The van der Waals surface area contributed by atoms with Crippen LogP contribution in [-0.4, -0.2) is 15.1 Å². The maximum Gasteiger partial charge on any atom is 0.237 e. The molecule has 0 saturated heterocycles. The number of anilines is 1. The molecule has 0 atom stereocenters. The average Bonchev–Trinajstić information content (AvgIpc) is 2.96. The number of pyridine rings is 1. The molecule has 5 nitrogen and oxygen atoms in total. The predicted molar refractivity (Wildman–Crippen MR) is 83.0 cm³/mol. The summed E-state index contributed by atoms with van der Waals surface area (Å²) in [6.45, 7) is 0. The molecule has 0 amide bonds. The van der Waals surface area contributed by atoms with Crippen LogP contribution < -0.4 is 5.73 Å². The first-order valence-electron chi connectivity index (χ1n) is 6.14. The van der Waals surface area contributed by atoms with E-state index in [1.165, 1.54) is 11.8 Å². The lowest BCUT2D eigenvalue weighted by Crippen LogP contribution is -1.90. The lowest BCUT2D eigenvalue weighted by Gasteiger charge is -2.01. The monoisotopic (exact) mass is 318 g/mol. The molecule has 1 aromatic carbocycles. The van der Waals surface area contributed by atoms with Gasteiger partial charge in [0.15, 0.2) is 0 Å². The first kappa shape index (κ1) is 13.9. The predicted octanol–water partition coefficient (Wildman–Crippen LogP) is 3.66. The lowest BCUT2D eigenvalue weighted by atomic mass is 10.2. The maximum atomic E-state index is 6.11. The van der Waals surface area contributed by atoms with Gasteiger partial charge in [-0.1, -0.05) is 28.9 Å². The van der Waals surface area contributed by atoms with Crippen molar-refractivity contribution in [3.63, 3.8) is 0 Å². The molecule has 106 valence electrons. The van der Waals surface area contributed by atoms with Crippen LogP contribution in [0.4, 0.5) is 5.69 Å². The number of thioether (sulfide) groups is 1. The number of rotatable bonds is 4. The van der Waals surface area contributed by atoms with Crippen LogP contribution in [0, 0.1) is 0 Å². The van der Waals surface area contributed by atoms with E-state index in [-0.39, 0.29) is 0 Å². The second-order valence-electron chi connectivity index (χ2n) is 4.19. The Morgan fingerprint density at radius 2 is 2.10 bits per heavy atom. The molecule has 0 saturated carbocycles. The fraction of sp³-hybridized carbons (Fsp3) is 0.0714. The SMILES string of the molecule is Nc1cnccc1SCc1nc(-c2ccccc2Cl)no1. The Bertz CT molecular complexity index is 762. The van der Waals surface area contributed by atoms with Crippen LogP contribution in [0.25, 0.3) is 11.4 Å². The molecule has 2 heterocycles. The molecule has 0 bridgehead atoms. The van der Waals surface area contributed by atoms with E-state index in [1.807, 2.05) is 24.3 Å². The van der Waals surface area contributed by atoms with Crippen molar-refractivity contribution >= 4 is 29.1 Å². The van der Waals surface area contributed by atoms with Crippen molar-refractivity contribution in [2.45, 2.75) is 10.6 Å². The van der Waals surface area contributed by atoms with Gasteiger partial charge >= 0.3 is 0 Å². The number of benzene rings is 1. The summed E-state index contributed by atoms with van der Waals surface area (Å²) in [5, 5.41) is 4.55. The number of hydrogen-bond acceptors (Lipinski definition) is 6. The quantitative estimate of drug-likeness (QED) is 0.740. The van der Waals surface area contributed by atoms with Crippen molar-refractivity contribution in [2.75, 3.05) is 5.73 Å². The number of aromatic nitrogens is 3.